The van der Waals surface area contributed by atoms with Crippen LogP contribution >= 0.6 is 0 Å². The zero-order valence-electron chi connectivity index (χ0n) is 8.58. The molecule has 13 heavy (non-hydrogen) atoms. The molecule has 0 aliphatic carbocycles. The van der Waals surface area contributed by atoms with Gasteiger partial charge in [-0.15, -0.1) is 0 Å². The number of hydrogen-bond acceptors (Lipinski definition) is 2. The Kier molecular flexibility index (Phi) is 4.22. The molecule has 1 amide bonds. The summed E-state index contributed by atoms with van der Waals surface area (Å²) in [7, 11) is 1.63. The van der Waals surface area contributed by atoms with Crippen LogP contribution in [-0.4, -0.2) is 37.6 Å². The average Bonchev–Trinajstić information content (AvgIpc) is 2.62. The number of likely N-dealkylation sites (tertiary alicyclic amines) is 1. The zero-order chi connectivity index (χ0) is 9.68. The van der Waals surface area contributed by atoms with Gasteiger partial charge in [0.05, 0.1) is 13.0 Å². The van der Waals surface area contributed by atoms with Crippen molar-refractivity contribution in [2.24, 2.45) is 5.92 Å². The van der Waals surface area contributed by atoms with Crippen molar-refractivity contribution in [2.45, 2.75) is 26.2 Å². The van der Waals surface area contributed by atoms with Crippen LogP contribution in [0.4, 0.5) is 0 Å². The Balaban J connectivity index is 2.25. The molecule has 1 aliphatic rings. The van der Waals surface area contributed by atoms with Gasteiger partial charge in [-0.25, -0.2) is 0 Å². The normalized spacial score (nSPS) is 22.3. The van der Waals surface area contributed by atoms with E-state index >= 15 is 0 Å². The second kappa shape index (κ2) is 5.22. The van der Waals surface area contributed by atoms with Gasteiger partial charge in [0.1, 0.15) is 0 Å². The number of ether oxygens (including phenoxy) is 1. The topological polar surface area (TPSA) is 29.5 Å². The molecule has 0 saturated carbocycles. The SMILES string of the molecule is CCC1CCN(C(=O)CCOC)C1. The molecule has 1 rings (SSSR count). The van der Waals surface area contributed by atoms with Crippen molar-refractivity contribution in [1.29, 1.82) is 0 Å². The number of methoxy groups -OCH3 is 1. The monoisotopic (exact) mass is 185 g/mol. The fraction of sp³-hybridized carbons (Fsp3) is 0.900. The number of rotatable bonds is 4. The van der Waals surface area contributed by atoms with Crippen LogP contribution in [0.15, 0.2) is 0 Å². The molecule has 1 fully saturated rings. The van der Waals surface area contributed by atoms with Crippen LogP contribution in [0.25, 0.3) is 0 Å². The highest BCUT2D eigenvalue weighted by molar-refractivity contribution is 5.76. The predicted molar refractivity (Wildman–Crippen MR) is 51.5 cm³/mol. The molecule has 1 atom stereocenters. The maximum Gasteiger partial charge on any atom is 0.224 e. The van der Waals surface area contributed by atoms with Crippen LogP contribution in [0.3, 0.4) is 0 Å². The summed E-state index contributed by atoms with van der Waals surface area (Å²) in [5, 5.41) is 0. The minimum Gasteiger partial charge on any atom is -0.384 e. The molecule has 76 valence electrons. The summed E-state index contributed by atoms with van der Waals surface area (Å²) in [5.41, 5.74) is 0. The van der Waals surface area contributed by atoms with Crippen molar-refractivity contribution in [3.63, 3.8) is 0 Å². The Hall–Kier alpha value is -0.570. The summed E-state index contributed by atoms with van der Waals surface area (Å²) in [6.45, 7) is 4.64. The molecule has 0 N–H and O–H groups in total. The number of carbonyl (C=O) groups is 1. The molecule has 3 nitrogen and oxygen atoms in total. The van der Waals surface area contributed by atoms with E-state index in [1.54, 1.807) is 7.11 Å². The van der Waals surface area contributed by atoms with Crippen molar-refractivity contribution < 1.29 is 9.53 Å². The Morgan fingerprint density at radius 1 is 1.62 bits per heavy atom. The molecule has 3 heteroatoms. The van der Waals surface area contributed by atoms with Crippen LogP contribution in [-0.2, 0) is 9.53 Å². The highest BCUT2D eigenvalue weighted by Gasteiger charge is 2.24. The minimum atomic E-state index is 0.248. The third-order valence-corrected chi connectivity index (χ3v) is 2.74. The lowest BCUT2D eigenvalue weighted by Crippen LogP contribution is -2.29. The van der Waals surface area contributed by atoms with E-state index in [0.717, 1.165) is 19.0 Å². The van der Waals surface area contributed by atoms with Gasteiger partial charge in [0, 0.05) is 20.2 Å². The van der Waals surface area contributed by atoms with Crippen LogP contribution in [0.5, 0.6) is 0 Å². The molecule has 0 radical (unpaired) electrons. The van der Waals surface area contributed by atoms with Gasteiger partial charge in [0.15, 0.2) is 0 Å². The second-order valence-corrected chi connectivity index (χ2v) is 3.65. The van der Waals surface area contributed by atoms with Gasteiger partial charge < -0.3 is 9.64 Å². The van der Waals surface area contributed by atoms with Crippen LogP contribution in [0.2, 0.25) is 0 Å². The van der Waals surface area contributed by atoms with E-state index in [2.05, 4.69) is 6.92 Å². The van der Waals surface area contributed by atoms with Gasteiger partial charge >= 0.3 is 0 Å². The third kappa shape index (κ3) is 2.99. The van der Waals surface area contributed by atoms with Crippen molar-refractivity contribution in [3.8, 4) is 0 Å². The Bertz CT molecular complexity index is 170. The van der Waals surface area contributed by atoms with Gasteiger partial charge in [0.25, 0.3) is 0 Å². The minimum absolute atomic E-state index is 0.248. The molecular weight excluding hydrogens is 166 g/mol. The summed E-state index contributed by atoms with van der Waals surface area (Å²) in [4.78, 5) is 13.5. The van der Waals surface area contributed by atoms with Gasteiger partial charge in [-0.2, -0.15) is 0 Å². The standard InChI is InChI=1S/C10H19NO2/c1-3-9-4-6-11(8-9)10(12)5-7-13-2/h9H,3-8H2,1-2H3. The second-order valence-electron chi connectivity index (χ2n) is 3.65. The highest BCUT2D eigenvalue weighted by Crippen LogP contribution is 2.19. The molecule has 0 spiro atoms. The lowest BCUT2D eigenvalue weighted by atomic mass is 10.1. The summed E-state index contributed by atoms with van der Waals surface area (Å²) in [6.07, 6.45) is 2.90. The fourth-order valence-corrected chi connectivity index (χ4v) is 1.74. The largest absolute Gasteiger partial charge is 0.384 e. The first-order valence-electron chi connectivity index (χ1n) is 5.04. The van der Waals surface area contributed by atoms with Gasteiger partial charge in [-0.05, 0) is 12.3 Å². The van der Waals surface area contributed by atoms with E-state index in [4.69, 9.17) is 4.74 Å². The Morgan fingerprint density at radius 2 is 2.38 bits per heavy atom. The maximum atomic E-state index is 11.5. The Labute approximate surface area is 80.1 Å². The van der Waals surface area contributed by atoms with Gasteiger partial charge in [-0.3, -0.25) is 4.79 Å². The summed E-state index contributed by atoms with van der Waals surface area (Å²) in [5.74, 6) is 0.976. The van der Waals surface area contributed by atoms with E-state index in [9.17, 15) is 4.79 Å². The zero-order valence-corrected chi connectivity index (χ0v) is 8.58. The molecule has 0 aromatic rings. The van der Waals surface area contributed by atoms with E-state index in [-0.39, 0.29) is 5.91 Å². The summed E-state index contributed by atoms with van der Waals surface area (Å²) >= 11 is 0. The van der Waals surface area contributed by atoms with Crippen molar-refractivity contribution in [3.05, 3.63) is 0 Å². The van der Waals surface area contributed by atoms with Crippen LogP contribution in [0, 0.1) is 5.92 Å². The number of nitrogens with zero attached hydrogens (tertiary/aromatic N) is 1. The van der Waals surface area contributed by atoms with Crippen molar-refractivity contribution in [1.82, 2.24) is 4.90 Å². The summed E-state index contributed by atoms with van der Waals surface area (Å²) in [6, 6.07) is 0. The van der Waals surface area contributed by atoms with Crippen molar-refractivity contribution >= 4 is 5.91 Å². The molecule has 0 bridgehead atoms. The third-order valence-electron chi connectivity index (χ3n) is 2.74. The van der Waals surface area contributed by atoms with E-state index in [0.29, 0.717) is 13.0 Å². The fourth-order valence-electron chi connectivity index (χ4n) is 1.74. The number of amides is 1. The van der Waals surface area contributed by atoms with Gasteiger partial charge in [0.2, 0.25) is 5.91 Å². The van der Waals surface area contributed by atoms with E-state index in [1.165, 1.54) is 12.8 Å². The molecule has 0 aromatic heterocycles. The molecule has 1 aliphatic heterocycles. The molecule has 1 saturated heterocycles. The molecule has 1 heterocycles. The number of hydrogen-bond donors (Lipinski definition) is 0. The first-order chi connectivity index (χ1) is 6.27. The molecule has 0 aromatic carbocycles. The first kappa shape index (κ1) is 10.5. The molecular formula is C10H19NO2. The average molecular weight is 185 g/mol. The first-order valence-corrected chi connectivity index (χ1v) is 5.04. The Morgan fingerprint density at radius 3 is 2.92 bits per heavy atom. The van der Waals surface area contributed by atoms with E-state index in [1.807, 2.05) is 4.90 Å². The number of carbonyl (C=O) groups excluding carboxylic acids is 1. The van der Waals surface area contributed by atoms with Crippen LogP contribution in [0.1, 0.15) is 26.2 Å². The quantitative estimate of drug-likeness (QED) is 0.660. The lowest BCUT2D eigenvalue weighted by Gasteiger charge is -2.15. The van der Waals surface area contributed by atoms with Crippen molar-refractivity contribution in [2.75, 3.05) is 26.8 Å². The van der Waals surface area contributed by atoms with Crippen LogP contribution < -0.4 is 0 Å². The van der Waals surface area contributed by atoms with Gasteiger partial charge in [-0.1, -0.05) is 13.3 Å². The predicted octanol–water partition coefficient (Wildman–Crippen LogP) is 1.28. The molecule has 1 unspecified atom stereocenters. The lowest BCUT2D eigenvalue weighted by molar-refractivity contribution is -0.131. The highest BCUT2D eigenvalue weighted by atomic mass is 16.5. The summed E-state index contributed by atoms with van der Waals surface area (Å²) < 4.78 is 4.88. The van der Waals surface area contributed by atoms with E-state index < -0.39 is 0 Å². The smallest absolute Gasteiger partial charge is 0.224 e. The maximum absolute atomic E-state index is 11.5.